The number of alkyl halides is 1. The molecule has 2 N–H and O–H groups in total. The van der Waals surface area contributed by atoms with Crippen LogP contribution in [0, 0.1) is 5.41 Å². The van der Waals surface area contributed by atoms with E-state index in [1.165, 1.54) is 0 Å². The van der Waals surface area contributed by atoms with E-state index < -0.39 is 29.5 Å². The first-order chi connectivity index (χ1) is 7.28. The first-order valence-corrected chi connectivity index (χ1v) is 5.07. The highest BCUT2D eigenvalue weighted by atomic mass is 19.1. The lowest BCUT2D eigenvalue weighted by molar-refractivity contribution is -0.147. The van der Waals surface area contributed by atoms with Crippen LogP contribution in [0.5, 0.6) is 0 Å². The van der Waals surface area contributed by atoms with Crippen molar-refractivity contribution in [2.75, 3.05) is 13.2 Å². The Bertz CT molecular complexity index is 305. The van der Waals surface area contributed by atoms with Crippen LogP contribution in [0.15, 0.2) is 0 Å². The molecule has 1 fully saturated rings. The highest BCUT2D eigenvalue weighted by Crippen LogP contribution is 2.26. The number of aliphatic hydroxyl groups excluding tert-OH is 1. The number of carboxylic acid groups (broad SMARTS) is 1. The minimum Gasteiger partial charge on any atom is -0.480 e. The number of likely N-dealkylation sites (tertiary alicyclic amines) is 1. The lowest BCUT2D eigenvalue weighted by atomic mass is 9.94. The smallest absolute Gasteiger partial charge is 0.326 e. The highest BCUT2D eigenvalue weighted by molar-refractivity contribution is 5.90. The number of hydrogen-bond acceptors (Lipinski definition) is 3. The maximum absolute atomic E-state index is 13.1. The van der Waals surface area contributed by atoms with Gasteiger partial charge in [-0.3, -0.25) is 4.79 Å². The predicted octanol–water partition coefficient (Wildman–Crippen LogP) is 0.0285. The summed E-state index contributed by atoms with van der Waals surface area (Å²) in [6, 6.07) is -1.12. The molecule has 0 unspecified atom stereocenters. The summed E-state index contributed by atoms with van der Waals surface area (Å²) in [6.07, 6.45) is -2.05. The van der Waals surface area contributed by atoms with Crippen LogP contribution in [0.25, 0.3) is 0 Å². The van der Waals surface area contributed by atoms with Crippen molar-refractivity contribution in [1.82, 2.24) is 4.90 Å². The van der Waals surface area contributed by atoms with Gasteiger partial charge in [-0.25, -0.2) is 9.18 Å². The molecule has 0 aromatic carbocycles. The minimum atomic E-state index is -1.74. The molecular formula is C10H16FNO4. The molecule has 0 aliphatic carbocycles. The van der Waals surface area contributed by atoms with Crippen LogP contribution in [0.1, 0.15) is 20.3 Å². The first-order valence-electron chi connectivity index (χ1n) is 5.07. The van der Waals surface area contributed by atoms with Crippen LogP contribution in [0.2, 0.25) is 0 Å². The van der Waals surface area contributed by atoms with Gasteiger partial charge < -0.3 is 15.1 Å². The Morgan fingerprint density at radius 1 is 1.62 bits per heavy atom. The molecule has 0 spiro atoms. The second-order valence-corrected chi connectivity index (χ2v) is 4.85. The van der Waals surface area contributed by atoms with Gasteiger partial charge in [0.05, 0.1) is 0 Å². The number of aliphatic hydroxyl groups is 1. The number of hydrogen-bond donors (Lipinski definition) is 2. The zero-order chi connectivity index (χ0) is 12.5. The molecule has 5 nitrogen and oxygen atoms in total. The van der Waals surface area contributed by atoms with Crippen LogP contribution >= 0.6 is 0 Å². The van der Waals surface area contributed by atoms with Crippen molar-refractivity contribution in [3.05, 3.63) is 0 Å². The van der Waals surface area contributed by atoms with E-state index in [2.05, 4.69) is 0 Å². The normalized spacial score (nSPS) is 26.2. The summed E-state index contributed by atoms with van der Waals surface area (Å²) >= 11 is 0. The molecule has 0 radical (unpaired) electrons. The van der Waals surface area contributed by atoms with Gasteiger partial charge in [-0.1, -0.05) is 13.8 Å². The second kappa shape index (κ2) is 4.37. The Balaban J connectivity index is 2.83. The lowest BCUT2D eigenvalue weighted by Gasteiger charge is -2.30. The third kappa shape index (κ3) is 2.49. The van der Waals surface area contributed by atoms with E-state index >= 15 is 0 Å². The van der Waals surface area contributed by atoms with Gasteiger partial charge in [-0.2, -0.15) is 0 Å². The summed E-state index contributed by atoms with van der Waals surface area (Å²) in [6.45, 7) is 3.22. The molecule has 1 amide bonds. The first kappa shape index (κ1) is 12.9. The SMILES string of the molecule is CC(C)(CO)CN1C(=O)[C@H](F)C[C@H]1C(=O)O. The molecule has 16 heavy (non-hydrogen) atoms. The summed E-state index contributed by atoms with van der Waals surface area (Å²) in [4.78, 5) is 23.3. The largest absolute Gasteiger partial charge is 0.480 e. The molecule has 0 aromatic heterocycles. The fourth-order valence-electron chi connectivity index (χ4n) is 1.69. The molecule has 0 saturated carbocycles. The van der Waals surface area contributed by atoms with Crippen LogP contribution < -0.4 is 0 Å². The van der Waals surface area contributed by atoms with Gasteiger partial charge in [0.2, 0.25) is 0 Å². The number of carbonyl (C=O) groups excluding carboxylic acids is 1. The van der Waals surface area contributed by atoms with Gasteiger partial charge in [-0.15, -0.1) is 0 Å². The summed E-state index contributed by atoms with van der Waals surface area (Å²) in [5, 5.41) is 17.9. The van der Waals surface area contributed by atoms with Crippen molar-refractivity contribution in [3.8, 4) is 0 Å². The number of aliphatic carboxylic acids is 1. The number of rotatable bonds is 4. The molecule has 1 heterocycles. The van der Waals surface area contributed by atoms with Crippen LogP contribution in [-0.2, 0) is 9.59 Å². The van der Waals surface area contributed by atoms with Gasteiger partial charge in [0.1, 0.15) is 6.04 Å². The molecule has 1 saturated heterocycles. The van der Waals surface area contributed by atoms with Gasteiger partial charge in [-0.05, 0) is 0 Å². The molecule has 1 aliphatic heterocycles. The standard InChI is InChI=1S/C10H16FNO4/c1-10(2,5-13)4-12-7(9(15)16)3-6(11)8(12)14/h6-7,13H,3-5H2,1-2H3,(H,15,16)/t6-,7+/m1/s1. The topological polar surface area (TPSA) is 77.8 Å². The molecular weight excluding hydrogens is 217 g/mol. The Morgan fingerprint density at radius 3 is 2.62 bits per heavy atom. The zero-order valence-electron chi connectivity index (χ0n) is 9.31. The fourth-order valence-corrected chi connectivity index (χ4v) is 1.69. The van der Waals surface area contributed by atoms with E-state index in [4.69, 9.17) is 10.2 Å². The van der Waals surface area contributed by atoms with E-state index in [1.54, 1.807) is 13.8 Å². The van der Waals surface area contributed by atoms with Crippen molar-refractivity contribution in [2.24, 2.45) is 5.41 Å². The number of nitrogens with zero attached hydrogens (tertiary/aromatic N) is 1. The summed E-state index contributed by atoms with van der Waals surface area (Å²) in [5.74, 6) is -2.00. The van der Waals surface area contributed by atoms with Crippen LogP contribution in [0.4, 0.5) is 4.39 Å². The molecule has 0 bridgehead atoms. The maximum atomic E-state index is 13.1. The minimum absolute atomic E-state index is 0.0414. The number of carbonyl (C=O) groups is 2. The van der Waals surface area contributed by atoms with Gasteiger partial charge in [0.15, 0.2) is 6.17 Å². The maximum Gasteiger partial charge on any atom is 0.326 e. The third-order valence-corrected chi connectivity index (χ3v) is 2.67. The average Bonchev–Trinajstić information content (AvgIpc) is 2.46. The lowest BCUT2D eigenvalue weighted by Crippen LogP contribution is -2.45. The molecule has 6 heteroatoms. The molecule has 1 rings (SSSR count). The van der Waals surface area contributed by atoms with Gasteiger partial charge in [0.25, 0.3) is 5.91 Å². The zero-order valence-corrected chi connectivity index (χ0v) is 9.31. The van der Waals surface area contributed by atoms with Crippen molar-refractivity contribution in [2.45, 2.75) is 32.5 Å². The predicted molar refractivity (Wildman–Crippen MR) is 53.5 cm³/mol. The van der Waals surface area contributed by atoms with Crippen LogP contribution in [-0.4, -0.2) is 52.4 Å². The average molecular weight is 233 g/mol. The highest BCUT2D eigenvalue weighted by Gasteiger charge is 2.45. The van der Waals surface area contributed by atoms with Crippen molar-refractivity contribution >= 4 is 11.9 Å². The Kier molecular flexibility index (Phi) is 3.52. The van der Waals surface area contributed by atoms with Crippen molar-refractivity contribution in [3.63, 3.8) is 0 Å². The Hall–Kier alpha value is -1.17. The number of halogens is 1. The Labute approximate surface area is 92.9 Å². The van der Waals surface area contributed by atoms with Gasteiger partial charge >= 0.3 is 5.97 Å². The summed E-state index contributed by atoms with van der Waals surface area (Å²) in [5.41, 5.74) is -0.632. The van der Waals surface area contributed by atoms with Crippen LogP contribution in [0.3, 0.4) is 0 Å². The molecule has 92 valence electrons. The second-order valence-electron chi connectivity index (χ2n) is 4.85. The van der Waals surface area contributed by atoms with Crippen molar-refractivity contribution in [1.29, 1.82) is 0 Å². The molecule has 0 aromatic rings. The number of amides is 1. The molecule has 1 aliphatic rings. The van der Waals surface area contributed by atoms with E-state index in [0.29, 0.717) is 0 Å². The fraction of sp³-hybridized carbons (Fsp3) is 0.800. The Morgan fingerprint density at radius 2 is 2.19 bits per heavy atom. The van der Waals surface area contributed by atoms with Gasteiger partial charge in [0, 0.05) is 25.0 Å². The third-order valence-electron chi connectivity index (χ3n) is 2.67. The quantitative estimate of drug-likeness (QED) is 0.718. The summed E-state index contributed by atoms with van der Waals surface area (Å²) < 4.78 is 13.1. The van der Waals surface area contributed by atoms with E-state index in [-0.39, 0.29) is 19.6 Å². The summed E-state index contributed by atoms with van der Waals surface area (Å²) in [7, 11) is 0. The van der Waals surface area contributed by atoms with E-state index in [9.17, 15) is 14.0 Å². The van der Waals surface area contributed by atoms with E-state index in [1.807, 2.05) is 0 Å². The van der Waals surface area contributed by atoms with Crippen molar-refractivity contribution < 1.29 is 24.2 Å². The molecule has 2 atom stereocenters. The van der Waals surface area contributed by atoms with E-state index in [0.717, 1.165) is 4.90 Å². The monoisotopic (exact) mass is 233 g/mol. The number of carboxylic acids is 1.